The number of nitrogens with two attached hydrogens (primary N) is 1. The summed E-state index contributed by atoms with van der Waals surface area (Å²) in [6.45, 7) is 3.62. The van der Waals surface area contributed by atoms with Gasteiger partial charge in [-0.25, -0.2) is 4.39 Å². The summed E-state index contributed by atoms with van der Waals surface area (Å²) in [7, 11) is -1.14. The fourth-order valence-electron chi connectivity index (χ4n) is 1.29. The Hall–Kier alpha value is -0.260. The molecule has 0 radical (unpaired) electrons. The topological polar surface area (TPSA) is 43.1 Å². The van der Waals surface area contributed by atoms with Gasteiger partial charge in [0.1, 0.15) is 5.82 Å². The van der Waals surface area contributed by atoms with E-state index in [-0.39, 0.29) is 11.6 Å². The van der Waals surface area contributed by atoms with E-state index in [2.05, 4.69) is 15.9 Å². The van der Waals surface area contributed by atoms with E-state index in [1.165, 1.54) is 6.07 Å². The highest BCUT2D eigenvalue weighted by atomic mass is 79.9. The second-order valence-corrected chi connectivity index (χ2v) is 6.83. The average molecular weight is 308 g/mol. The van der Waals surface area contributed by atoms with Crippen LogP contribution in [0.15, 0.2) is 22.7 Å². The third-order valence-corrected chi connectivity index (χ3v) is 4.05. The minimum Gasteiger partial charge on any atom is -0.325 e. The van der Waals surface area contributed by atoms with Crippen LogP contribution in [-0.2, 0) is 16.6 Å². The van der Waals surface area contributed by atoms with E-state index >= 15 is 0 Å². The summed E-state index contributed by atoms with van der Waals surface area (Å²) in [6.07, 6.45) is 0. The zero-order chi connectivity index (χ0) is 12.3. The van der Waals surface area contributed by atoms with Crippen molar-refractivity contribution in [1.82, 2.24) is 0 Å². The molecule has 0 aromatic heterocycles. The van der Waals surface area contributed by atoms with E-state index in [1.807, 2.05) is 13.8 Å². The highest BCUT2D eigenvalue weighted by molar-refractivity contribution is 9.10. The standard InChI is InChI=1S/C11H15BrFNOS/c1-11(2,14)7-16(15)6-8-5-9(12)3-4-10(8)13/h3-5H,6-7,14H2,1-2H3. The second kappa shape index (κ2) is 5.38. The molecule has 5 heteroatoms. The lowest BCUT2D eigenvalue weighted by molar-refractivity contribution is 0.576. The van der Waals surface area contributed by atoms with Crippen molar-refractivity contribution >= 4 is 26.7 Å². The fourth-order valence-corrected chi connectivity index (χ4v) is 3.20. The predicted molar refractivity (Wildman–Crippen MR) is 69.1 cm³/mol. The van der Waals surface area contributed by atoms with Gasteiger partial charge in [-0.1, -0.05) is 15.9 Å². The van der Waals surface area contributed by atoms with Crippen molar-refractivity contribution in [3.63, 3.8) is 0 Å². The lowest BCUT2D eigenvalue weighted by atomic mass is 10.1. The first-order valence-corrected chi connectivity index (χ1v) is 7.14. The maximum atomic E-state index is 13.4. The predicted octanol–water partition coefficient (Wildman–Crippen LogP) is 2.57. The number of benzene rings is 1. The molecule has 0 aliphatic rings. The molecule has 0 spiro atoms. The van der Waals surface area contributed by atoms with Crippen LogP contribution in [0.25, 0.3) is 0 Å². The Morgan fingerprint density at radius 1 is 1.50 bits per heavy atom. The van der Waals surface area contributed by atoms with E-state index < -0.39 is 16.3 Å². The van der Waals surface area contributed by atoms with Gasteiger partial charge >= 0.3 is 0 Å². The number of hydrogen-bond acceptors (Lipinski definition) is 2. The van der Waals surface area contributed by atoms with E-state index in [0.717, 1.165) is 4.47 Å². The lowest BCUT2D eigenvalue weighted by Gasteiger charge is -2.17. The molecule has 16 heavy (non-hydrogen) atoms. The molecule has 2 N–H and O–H groups in total. The van der Waals surface area contributed by atoms with Crippen LogP contribution in [0.1, 0.15) is 19.4 Å². The first-order valence-electron chi connectivity index (χ1n) is 4.86. The molecule has 0 saturated carbocycles. The van der Waals surface area contributed by atoms with Crippen LogP contribution in [0.3, 0.4) is 0 Å². The van der Waals surface area contributed by atoms with Crippen LogP contribution in [0.2, 0.25) is 0 Å². The van der Waals surface area contributed by atoms with Gasteiger partial charge in [0.25, 0.3) is 0 Å². The molecule has 0 aliphatic heterocycles. The van der Waals surface area contributed by atoms with Crippen molar-refractivity contribution in [3.8, 4) is 0 Å². The summed E-state index contributed by atoms with van der Waals surface area (Å²) in [4.78, 5) is 0. The smallest absolute Gasteiger partial charge is 0.127 e. The van der Waals surface area contributed by atoms with Crippen LogP contribution in [-0.4, -0.2) is 15.5 Å². The van der Waals surface area contributed by atoms with Crippen LogP contribution >= 0.6 is 15.9 Å². The van der Waals surface area contributed by atoms with Gasteiger partial charge < -0.3 is 5.73 Å². The molecule has 1 atom stereocenters. The molecule has 0 aliphatic carbocycles. The Labute approximate surface area is 106 Å². The van der Waals surface area contributed by atoms with Crippen molar-refractivity contribution in [3.05, 3.63) is 34.1 Å². The molecule has 0 fully saturated rings. The summed E-state index contributed by atoms with van der Waals surface area (Å²) in [5, 5.41) is 0. The van der Waals surface area contributed by atoms with Gasteiger partial charge in [0, 0.05) is 32.1 Å². The molecular formula is C11H15BrFNOS. The third-order valence-electron chi connectivity index (χ3n) is 1.86. The van der Waals surface area contributed by atoms with Gasteiger partial charge in [-0.15, -0.1) is 0 Å². The van der Waals surface area contributed by atoms with E-state index in [1.54, 1.807) is 12.1 Å². The zero-order valence-electron chi connectivity index (χ0n) is 9.30. The Kier molecular flexibility index (Phi) is 4.64. The van der Waals surface area contributed by atoms with Crippen LogP contribution in [0, 0.1) is 5.82 Å². The van der Waals surface area contributed by atoms with E-state index in [9.17, 15) is 8.60 Å². The lowest BCUT2D eigenvalue weighted by Crippen LogP contribution is -2.38. The van der Waals surface area contributed by atoms with Crippen molar-refractivity contribution in [1.29, 1.82) is 0 Å². The normalized spacial score (nSPS) is 13.8. The maximum absolute atomic E-state index is 13.4. The number of hydrogen-bond donors (Lipinski definition) is 1. The van der Waals surface area contributed by atoms with Crippen molar-refractivity contribution < 1.29 is 8.60 Å². The van der Waals surface area contributed by atoms with Crippen LogP contribution < -0.4 is 5.73 Å². The Balaban J connectivity index is 2.73. The van der Waals surface area contributed by atoms with Gasteiger partial charge in [0.05, 0.1) is 5.75 Å². The summed E-state index contributed by atoms with van der Waals surface area (Å²) in [5.41, 5.74) is 5.72. The molecule has 2 nitrogen and oxygen atoms in total. The summed E-state index contributed by atoms with van der Waals surface area (Å²) in [5.74, 6) is 0.233. The molecule has 1 rings (SSSR count). The summed E-state index contributed by atoms with van der Waals surface area (Å²) in [6, 6.07) is 4.63. The molecule has 0 heterocycles. The molecule has 0 saturated heterocycles. The Bertz CT molecular complexity index is 403. The summed E-state index contributed by atoms with van der Waals surface area (Å²) < 4.78 is 25.9. The molecular weight excluding hydrogens is 293 g/mol. The molecule has 90 valence electrons. The quantitative estimate of drug-likeness (QED) is 0.929. The molecule has 1 unspecified atom stereocenters. The van der Waals surface area contributed by atoms with E-state index in [4.69, 9.17) is 5.73 Å². The second-order valence-electron chi connectivity index (χ2n) is 4.45. The highest BCUT2D eigenvalue weighted by Crippen LogP contribution is 2.17. The summed E-state index contributed by atoms with van der Waals surface area (Å²) >= 11 is 3.26. The third kappa shape index (κ3) is 4.72. The fraction of sp³-hybridized carbons (Fsp3) is 0.455. The van der Waals surface area contributed by atoms with Gasteiger partial charge in [0.2, 0.25) is 0 Å². The van der Waals surface area contributed by atoms with Crippen molar-refractivity contribution in [2.75, 3.05) is 5.75 Å². The monoisotopic (exact) mass is 307 g/mol. The van der Waals surface area contributed by atoms with E-state index in [0.29, 0.717) is 11.3 Å². The number of rotatable bonds is 4. The van der Waals surface area contributed by atoms with Gasteiger partial charge in [0.15, 0.2) is 0 Å². The number of halogens is 2. The van der Waals surface area contributed by atoms with Crippen molar-refractivity contribution in [2.24, 2.45) is 5.73 Å². The van der Waals surface area contributed by atoms with Gasteiger partial charge in [-0.2, -0.15) is 0 Å². The Morgan fingerprint density at radius 3 is 2.69 bits per heavy atom. The van der Waals surface area contributed by atoms with Crippen LogP contribution in [0.4, 0.5) is 4.39 Å². The molecule has 1 aromatic carbocycles. The molecule has 0 bridgehead atoms. The highest BCUT2D eigenvalue weighted by Gasteiger charge is 2.16. The molecule has 0 amide bonds. The van der Waals surface area contributed by atoms with Gasteiger partial charge in [-0.3, -0.25) is 4.21 Å². The minimum atomic E-state index is -1.14. The first kappa shape index (κ1) is 13.8. The maximum Gasteiger partial charge on any atom is 0.127 e. The average Bonchev–Trinajstić information content (AvgIpc) is 2.08. The minimum absolute atomic E-state index is 0.200. The van der Waals surface area contributed by atoms with Crippen LogP contribution in [0.5, 0.6) is 0 Å². The molecule has 1 aromatic rings. The largest absolute Gasteiger partial charge is 0.325 e. The SMILES string of the molecule is CC(C)(N)CS(=O)Cc1cc(Br)ccc1F. The first-order chi connectivity index (χ1) is 7.28. The van der Waals surface area contributed by atoms with Crippen molar-refractivity contribution in [2.45, 2.75) is 25.1 Å². The van der Waals surface area contributed by atoms with Gasteiger partial charge in [-0.05, 0) is 32.0 Å². The zero-order valence-corrected chi connectivity index (χ0v) is 11.7. The Morgan fingerprint density at radius 2 is 2.12 bits per heavy atom.